The van der Waals surface area contributed by atoms with Gasteiger partial charge in [-0.25, -0.2) is 4.79 Å². The second-order valence-corrected chi connectivity index (χ2v) is 9.18. The van der Waals surface area contributed by atoms with Crippen LogP contribution in [0, 0.1) is 0 Å². The first-order chi connectivity index (χ1) is 21.4. The highest BCUT2D eigenvalue weighted by atomic mass is 16.6. The van der Waals surface area contributed by atoms with Gasteiger partial charge in [0.2, 0.25) is 0 Å². The Morgan fingerprint density at radius 1 is 0.550 bits per heavy atom. The second kappa shape index (κ2) is 14.5. The minimum absolute atomic E-state index is 0.245. The molecule has 6 nitrogen and oxygen atoms in total. The van der Waals surface area contributed by atoms with E-state index in [1.54, 1.807) is 97.1 Å². The van der Waals surface area contributed by atoms with Crippen molar-refractivity contribution in [2.24, 2.45) is 0 Å². The van der Waals surface area contributed by atoms with Crippen molar-refractivity contribution in [1.82, 2.24) is 0 Å². The van der Waals surface area contributed by atoms with Gasteiger partial charge in [-0.2, -0.15) is 0 Å². The van der Waals surface area contributed by atoms with E-state index in [4.69, 9.17) is 29.2 Å². The lowest BCUT2D eigenvalue weighted by Gasteiger charge is -2.41. The Balaban J connectivity index is 1.46. The third-order valence-corrected chi connectivity index (χ3v) is 6.24. The first-order valence-corrected chi connectivity index (χ1v) is 13.1. The molecule has 40 heavy (non-hydrogen) atoms. The van der Waals surface area contributed by atoms with Gasteiger partial charge in [-0.1, -0.05) is 121 Å². The molecule has 0 bridgehead atoms. The Morgan fingerprint density at radius 3 is 1.43 bits per heavy atom. The van der Waals surface area contributed by atoms with E-state index in [-0.39, 0.29) is 6.61 Å². The van der Waals surface area contributed by atoms with Crippen molar-refractivity contribution in [1.29, 1.82) is 0 Å². The number of carbonyl (C=O) groups is 1. The largest absolute Gasteiger partial charge is 0.455 e. The molecule has 0 spiro atoms. The second-order valence-electron chi connectivity index (χ2n) is 9.18. The fraction of sp³-hybridized carbons (Fsp3) is 0.265. The quantitative estimate of drug-likeness (QED) is 0.197. The number of carbonyl (C=O) groups excluding carboxylic acids is 1. The van der Waals surface area contributed by atoms with E-state index in [2.05, 4.69) is 0 Å². The Kier molecular flexibility index (Phi) is 8.34. The van der Waals surface area contributed by atoms with Crippen LogP contribution in [0.4, 0.5) is 0 Å². The Morgan fingerprint density at radius 2 is 0.950 bits per heavy atom. The van der Waals surface area contributed by atoms with E-state index >= 15 is 0 Å². The molecule has 0 N–H and O–H groups in total. The zero-order chi connectivity index (χ0) is 30.9. The van der Waals surface area contributed by atoms with Crippen molar-refractivity contribution >= 4 is 5.97 Å². The number of hydrogen-bond donors (Lipinski definition) is 0. The van der Waals surface area contributed by atoms with Crippen LogP contribution < -0.4 is 0 Å². The lowest BCUT2D eigenvalue weighted by atomic mass is 9.98. The van der Waals surface area contributed by atoms with Gasteiger partial charge in [0.15, 0.2) is 12.2 Å². The summed E-state index contributed by atoms with van der Waals surface area (Å²) in [6.07, 6.45) is -4.98. The molecule has 1 saturated heterocycles. The smallest absolute Gasteiger partial charge is 0.338 e. The molecule has 0 aromatic heterocycles. The molecule has 8 atom stereocenters. The fourth-order valence-corrected chi connectivity index (χ4v) is 4.21. The average molecular weight is 543 g/mol. The highest BCUT2D eigenvalue weighted by Crippen LogP contribution is 2.28. The van der Waals surface area contributed by atoms with Gasteiger partial charge < -0.3 is 23.7 Å². The van der Waals surface area contributed by atoms with Gasteiger partial charge >= 0.3 is 5.97 Å². The summed E-state index contributed by atoms with van der Waals surface area (Å²) in [5.74, 6) is -0.820. The van der Waals surface area contributed by atoms with Crippen molar-refractivity contribution in [3.63, 3.8) is 0 Å². The summed E-state index contributed by atoms with van der Waals surface area (Å²) in [6, 6.07) is 35.4. The summed E-state index contributed by atoms with van der Waals surface area (Å²) in [5, 5.41) is 0. The highest BCUT2D eigenvalue weighted by Gasteiger charge is 2.48. The molecule has 1 fully saturated rings. The zero-order valence-corrected chi connectivity index (χ0v) is 21.8. The van der Waals surface area contributed by atoms with Crippen molar-refractivity contribution in [3.8, 4) is 0 Å². The Labute approximate surface area is 241 Å². The monoisotopic (exact) mass is 542 g/mol. The summed E-state index contributed by atoms with van der Waals surface area (Å²) < 4.78 is 64.7. The normalized spacial score (nSPS) is 25.2. The summed E-state index contributed by atoms with van der Waals surface area (Å²) in [7, 11) is 0. The SMILES string of the molecule is [2H]C(OC[C@H]1OC(=O)[C@H](OC([2H])c2ccccc2)[C@@H](OC([2H])c2ccccc2)[C@@H]1OC([2H])c1ccccc1)c1ccccc1. The minimum atomic E-state index is -1.46. The van der Waals surface area contributed by atoms with Crippen LogP contribution in [-0.4, -0.2) is 37.0 Å². The maximum Gasteiger partial charge on any atom is 0.338 e. The number of hydrogen-bond acceptors (Lipinski definition) is 6. The van der Waals surface area contributed by atoms with E-state index < -0.39 is 56.7 Å². The van der Waals surface area contributed by atoms with Crippen molar-refractivity contribution in [3.05, 3.63) is 144 Å². The van der Waals surface area contributed by atoms with Crippen LogP contribution in [0.2, 0.25) is 0 Å². The topological polar surface area (TPSA) is 63.2 Å². The van der Waals surface area contributed by atoms with Crippen molar-refractivity contribution in [2.75, 3.05) is 6.61 Å². The molecular formula is C34H34O6. The molecule has 1 heterocycles. The molecule has 0 aliphatic carbocycles. The van der Waals surface area contributed by atoms with E-state index in [1.165, 1.54) is 0 Å². The predicted octanol–water partition coefficient (Wildman–Crippen LogP) is 5.88. The Bertz CT molecular complexity index is 1430. The van der Waals surface area contributed by atoms with Gasteiger partial charge in [0.05, 0.1) is 38.4 Å². The minimum Gasteiger partial charge on any atom is -0.455 e. The molecular weight excluding hydrogens is 504 g/mol. The summed E-state index contributed by atoms with van der Waals surface area (Å²) >= 11 is 0. The van der Waals surface area contributed by atoms with Crippen molar-refractivity contribution in [2.45, 2.75) is 50.7 Å². The first-order valence-electron chi connectivity index (χ1n) is 15.4. The maximum atomic E-state index is 13.5. The van der Waals surface area contributed by atoms with E-state index in [0.717, 1.165) is 0 Å². The third kappa shape index (κ3) is 7.87. The molecule has 0 radical (unpaired) electrons. The van der Waals surface area contributed by atoms with Gasteiger partial charge in [0.25, 0.3) is 0 Å². The molecule has 206 valence electrons. The molecule has 4 aromatic rings. The number of esters is 1. The molecule has 6 heteroatoms. The molecule has 0 amide bonds. The van der Waals surface area contributed by atoms with E-state index in [9.17, 15) is 4.79 Å². The number of ether oxygens (including phenoxy) is 5. The molecule has 5 rings (SSSR count). The van der Waals surface area contributed by atoms with E-state index in [1.807, 2.05) is 24.3 Å². The predicted molar refractivity (Wildman–Crippen MR) is 151 cm³/mol. The maximum absolute atomic E-state index is 13.5. The van der Waals surface area contributed by atoms with Gasteiger partial charge in [0, 0.05) is 0 Å². The molecule has 1 aliphatic rings. The van der Waals surface area contributed by atoms with Crippen LogP contribution in [0.15, 0.2) is 121 Å². The number of rotatable bonds is 13. The fourth-order valence-electron chi connectivity index (χ4n) is 4.21. The first kappa shape index (κ1) is 22.9. The molecule has 4 unspecified atom stereocenters. The van der Waals surface area contributed by atoms with Crippen LogP contribution in [0.3, 0.4) is 0 Å². The van der Waals surface area contributed by atoms with Crippen molar-refractivity contribution < 1.29 is 34.0 Å². The highest BCUT2D eigenvalue weighted by molar-refractivity contribution is 5.77. The standard InChI is InChI=1S/C34H34O6/c35-34-33(39-24-29-19-11-4-12-20-29)32(38-23-28-17-9-3-10-18-28)31(37-22-27-15-7-2-8-16-27)30(40-34)25-36-21-26-13-5-1-6-14-26/h1-20,30-33H,21-25H2/t30-,31-,32+,33-/m1/s1/i21D,22D,23D,24D/t21?,22?,23?,24?,30-,31-,32+,33-. The van der Waals surface area contributed by atoms with Crippen LogP contribution >= 0.6 is 0 Å². The average Bonchev–Trinajstić information content (AvgIpc) is 3.07. The van der Waals surface area contributed by atoms with Gasteiger partial charge in [0.1, 0.15) is 12.2 Å². The summed E-state index contributed by atoms with van der Waals surface area (Å²) in [4.78, 5) is 13.5. The summed E-state index contributed by atoms with van der Waals surface area (Å²) in [5.41, 5.74) is 2.20. The Hall–Kier alpha value is -3.81. The van der Waals surface area contributed by atoms with Crippen LogP contribution in [0.5, 0.6) is 0 Å². The molecule has 1 aliphatic heterocycles. The lowest BCUT2D eigenvalue weighted by molar-refractivity contribution is -0.239. The van der Waals surface area contributed by atoms with Gasteiger partial charge in [-0.3, -0.25) is 0 Å². The third-order valence-electron chi connectivity index (χ3n) is 6.24. The van der Waals surface area contributed by atoms with E-state index in [0.29, 0.717) is 22.3 Å². The number of cyclic esters (lactones) is 1. The number of benzene rings is 4. The van der Waals surface area contributed by atoms with Gasteiger partial charge in [-0.05, 0) is 22.3 Å². The summed E-state index contributed by atoms with van der Waals surface area (Å²) in [6.45, 7) is -5.06. The molecule has 0 saturated carbocycles. The van der Waals surface area contributed by atoms with Crippen LogP contribution in [0.1, 0.15) is 27.7 Å². The zero-order valence-electron chi connectivity index (χ0n) is 25.8. The lowest BCUT2D eigenvalue weighted by Crippen LogP contribution is -2.59. The molecule has 4 aromatic carbocycles. The van der Waals surface area contributed by atoms with Crippen LogP contribution in [-0.2, 0) is 54.8 Å². The van der Waals surface area contributed by atoms with Crippen LogP contribution in [0.25, 0.3) is 0 Å². The van der Waals surface area contributed by atoms with Gasteiger partial charge in [-0.15, -0.1) is 0 Å².